The summed E-state index contributed by atoms with van der Waals surface area (Å²) in [6, 6.07) is 5.51. The molecule has 0 spiro atoms. The Hall–Kier alpha value is -0.000000000000000111. The van der Waals surface area contributed by atoms with E-state index in [0.29, 0.717) is 11.4 Å². The zero-order valence-corrected chi connectivity index (χ0v) is 12.5. The van der Waals surface area contributed by atoms with E-state index in [0.717, 1.165) is 27.3 Å². The lowest BCUT2D eigenvalue weighted by Crippen LogP contribution is -2.03. The van der Waals surface area contributed by atoms with Gasteiger partial charge in [-0.25, -0.2) is 0 Å². The first-order valence-corrected chi connectivity index (χ1v) is 8.43. The van der Waals surface area contributed by atoms with E-state index in [1.54, 1.807) is 6.07 Å². The summed E-state index contributed by atoms with van der Waals surface area (Å²) in [7, 11) is -0.966. The highest BCUT2D eigenvalue weighted by molar-refractivity contribution is 9.10. The van der Waals surface area contributed by atoms with Crippen molar-refractivity contribution in [2.24, 2.45) is 0 Å². The van der Waals surface area contributed by atoms with Crippen molar-refractivity contribution in [3.8, 4) is 0 Å². The summed E-state index contributed by atoms with van der Waals surface area (Å²) in [5.74, 6) is 2.88. The van der Waals surface area contributed by atoms with Crippen molar-refractivity contribution >= 4 is 44.2 Å². The number of anilines is 1. The van der Waals surface area contributed by atoms with Crippen molar-refractivity contribution in [1.82, 2.24) is 0 Å². The Balaban J connectivity index is 2.53. The average Bonchev–Trinajstić information content (AvgIpc) is 2.24. The molecule has 90 valence electrons. The van der Waals surface area contributed by atoms with Gasteiger partial charge in [-0.15, -0.1) is 0 Å². The molecule has 0 aliphatic rings. The van der Waals surface area contributed by atoms with Crippen molar-refractivity contribution in [2.75, 3.05) is 23.0 Å². The maximum absolute atomic E-state index is 11.9. The van der Waals surface area contributed by atoms with Gasteiger partial charge in [-0.05, 0) is 36.1 Å². The second-order valence-electron chi connectivity index (χ2n) is 3.28. The van der Waals surface area contributed by atoms with E-state index in [1.165, 1.54) is 0 Å². The highest BCUT2D eigenvalue weighted by atomic mass is 79.9. The van der Waals surface area contributed by atoms with E-state index in [-0.39, 0.29) is 0 Å². The molecule has 0 saturated heterocycles. The van der Waals surface area contributed by atoms with E-state index in [1.807, 2.05) is 23.9 Å². The average molecular weight is 322 g/mol. The van der Waals surface area contributed by atoms with Gasteiger partial charge in [0.1, 0.15) is 0 Å². The van der Waals surface area contributed by atoms with Crippen LogP contribution in [0.1, 0.15) is 13.3 Å². The largest absolute Gasteiger partial charge is 0.398 e. The number of nitrogens with two attached hydrogens (primary N) is 1. The van der Waals surface area contributed by atoms with Gasteiger partial charge in [0, 0.05) is 15.9 Å². The van der Waals surface area contributed by atoms with Gasteiger partial charge in [-0.1, -0.05) is 22.9 Å². The maximum Gasteiger partial charge on any atom is 0.0618 e. The Kier molecular flexibility index (Phi) is 6.46. The Labute approximate surface area is 112 Å². The maximum atomic E-state index is 11.9. The summed E-state index contributed by atoms with van der Waals surface area (Å²) in [5.41, 5.74) is 6.43. The molecule has 2 nitrogen and oxygen atoms in total. The van der Waals surface area contributed by atoms with Crippen LogP contribution in [0.4, 0.5) is 5.69 Å². The zero-order valence-electron chi connectivity index (χ0n) is 9.24. The molecule has 1 aromatic carbocycles. The van der Waals surface area contributed by atoms with Crippen LogP contribution in [0.15, 0.2) is 27.6 Å². The predicted molar refractivity (Wildman–Crippen MR) is 77.4 cm³/mol. The SMILES string of the molecule is CCSCCCS(=O)c1ccc(Br)cc1N. The minimum Gasteiger partial charge on any atom is -0.398 e. The molecule has 0 bridgehead atoms. The van der Waals surface area contributed by atoms with Crippen LogP contribution in [0, 0.1) is 0 Å². The fourth-order valence-electron chi connectivity index (χ4n) is 1.27. The molecule has 5 heteroatoms. The van der Waals surface area contributed by atoms with Crippen LogP contribution in [0.2, 0.25) is 0 Å². The first-order chi connectivity index (χ1) is 7.65. The molecule has 0 aliphatic heterocycles. The Bertz CT molecular complexity index is 371. The summed E-state index contributed by atoms with van der Waals surface area (Å²) in [5, 5.41) is 0. The number of rotatable bonds is 6. The van der Waals surface area contributed by atoms with Crippen molar-refractivity contribution < 1.29 is 4.21 Å². The highest BCUT2D eigenvalue weighted by Gasteiger charge is 2.07. The summed E-state index contributed by atoms with van der Waals surface area (Å²) in [4.78, 5) is 0.754. The summed E-state index contributed by atoms with van der Waals surface area (Å²) in [6.45, 7) is 2.13. The molecule has 1 aromatic rings. The molecule has 16 heavy (non-hydrogen) atoms. The van der Waals surface area contributed by atoms with Crippen LogP contribution in [0.5, 0.6) is 0 Å². The van der Waals surface area contributed by atoms with Crippen molar-refractivity contribution in [3.05, 3.63) is 22.7 Å². The summed E-state index contributed by atoms with van der Waals surface area (Å²) < 4.78 is 12.9. The van der Waals surface area contributed by atoms with Crippen LogP contribution in [-0.2, 0) is 10.8 Å². The second-order valence-corrected chi connectivity index (χ2v) is 7.13. The quantitative estimate of drug-likeness (QED) is 0.646. The molecule has 0 aliphatic carbocycles. The molecule has 1 atom stereocenters. The van der Waals surface area contributed by atoms with Crippen LogP contribution >= 0.6 is 27.7 Å². The number of nitrogen functional groups attached to an aromatic ring is 1. The standard InChI is InChI=1S/C11H16BrNOS2/c1-2-15-6-3-7-16(14)11-5-4-9(12)8-10(11)13/h4-5,8H,2-3,6-7,13H2,1H3. The topological polar surface area (TPSA) is 43.1 Å². The summed E-state index contributed by atoms with van der Waals surface area (Å²) >= 11 is 5.22. The van der Waals surface area contributed by atoms with Gasteiger partial charge in [0.2, 0.25) is 0 Å². The zero-order chi connectivity index (χ0) is 12.0. The summed E-state index contributed by atoms with van der Waals surface area (Å²) in [6.07, 6.45) is 0.973. The number of benzene rings is 1. The number of hydrogen-bond donors (Lipinski definition) is 1. The minimum absolute atomic E-state index is 0.607. The molecule has 0 radical (unpaired) electrons. The molecule has 1 unspecified atom stereocenters. The van der Waals surface area contributed by atoms with Gasteiger partial charge in [0.05, 0.1) is 15.7 Å². The normalized spacial score (nSPS) is 12.6. The fraction of sp³-hybridized carbons (Fsp3) is 0.455. The predicted octanol–water partition coefficient (Wildman–Crippen LogP) is 3.28. The van der Waals surface area contributed by atoms with Gasteiger partial charge < -0.3 is 5.73 Å². The van der Waals surface area contributed by atoms with E-state index in [4.69, 9.17) is 5.73 Å². The lowest BCUT2D eigenvalue weighted by molar-refractivity contribution is 0.682. The van der Waals surface area contributed by atoms with Crippen LogP contribution < -0.4 is 5.73 Å². The van der Waals surface area contributed by atoms with Gasteiger partial charge in [-0.2, -0.15) is 11.8 Å². The van der Waals surface area contributed by atoms with E-state index in [9.17, 15) is 4.21 Å². The Morgan fingerprint density at radius 3 is 2.88 bits per heavy atom. The van der Waals surface area contributed by atoms with Crippen molar-refractivity contribution in [3.63, 3.8) is 0 Å². The molecule has 1 rings (SSSR count). The Morgan fingerprint density at radius 2 is 2.25 bits per heavy atom. The fourth-order valence-corrected chi connectivity index (χ4v) is 3.64. The van der Waals surface area contributed by atoms with Crippen LogP contribution in [0.25, 0.3) is 0 Å². The van der Waals surface area contributed by atoms with Gasteiger partial charge in [0.15, 0.2) is 0 Å². The lowest BCUT2D eigenvalue weighted by Gasteiger charge is -2.06. The van der Waals surface area contributed by atoms with E-state index in [2.05, 4.69) is 22.9 Å². The number of hydrogen-bond acceptors (Lipinski definition) is 3. The van der Waals surface area contributed by atoms with E-state index >= 15 is 0 Å². The third-order valence-electron chi connectivity index (χ3n) is 2.04. The molecular weight excluding hydrogens is 306 g/mol. The van der Waals surface area contributed by atoms with Gasteiger partial charge in [-0.3, -0.25) is 4.21 Å². The number of halogens is 1. The van der Waals surface area contributed by atoms with Crippen LogP contribution in [0.3, 0.4) is 0 Å². The van der Waals surface area contributed by atoms with Crippen molar-refractivity contribution in [2.45, 2.75) is 18.2 Å². The van der Waals surface area contributed by atoms with E-state index < -0.39 is 10.8 Å². The molecule has 2 N–H and O–H groups in total. The molecule has 0 heterocycles. The third kappa shape index (κ3) is 4.47. The molecule has 0 fully saturated rings. The van der Waals surface area contributed by atoms with Crippen molar-refractivity contribution in [1.29, 1.82) is 0 Å². The molecule has 0 amide bonds. The smallest absolute Gasteiger partial charge is 0.0618 e. The first-order valence-electron chi connectivity index (χ1n) is 5.16. The monoisotopic (exact) mass is 321 g/mol. The first kappa shape index (κ1) is 14.1. The highest BCUT2D eigenvalue weighted by Crippen LogP contribution is 2.22. The van der Waals surface area contributed by atoms with Gasteiger partial charge >= 0.3 is 0 Å². The molecule has 0 aromatic heterocycles. The lowest BCUT2D eigenvalue weighted by atomic mass is 10.3. The second kappa shape index (κ2) is 7.35. The third-order valence-corrected chi connectivity index (χ3v) is 5.04. The molecular formula is C11H16BrNOS2. The Morgan fingerprint density at radius 1 is 1.50 bits per heavy atom. The minimum atomic E-state index is -0.966. The van der Waals surface area contributed by atoms with Crippen LogP contribution in [-0.4, -0.2) is 21.5 Å². The molecule has 0 saturated carbocycles. The number of thioether (sulfide) groups is 1. The van der Waals surface area contributed by atoms with Gasteiger partial charge in [0.25, 0.3) is 0 Å².